The maximum atomic E-state index is 12.4. The first-order valence-electron chi connectivity index (χ1n) is 6.34. The van der Waals surface area contributed by atoms with Crippen LogP contribution in [-0.4, -0.2) is 22.5 Å². The fraction of sp³-hybridized carbons (Fsp3) is 0.462. The molecular weight excluding hydrogens is 294 g/mol. The molecular formula is C13H15N3O2S2. The third kappa shape index (κ3) is 2.48. The molecule has 2 aromatic heterocycles. The van der Waals surface area contributed by atoms with Gasteiger partial charge in [0.25, 0.3) is 0 Å². The molecule has 0 radical (unpaired) electrons. The van der Waals surface area contributed by atoms with Gasteiger partial charge >= 0.3 is 0 Å². The maximum absolute atomic E-state index is 12.4. The third-order valence-electron chi connectivity index (χ3n) is 3.36. The summed E-state index contributed by atoms with van der Waals surface area (Å²) < 4.78 is 5.39. The highest BCUT2D eigenvalue weighted by Gasteiger charge is 2.32. The summed E-state index contributed by atoms with van der Waals surface area (Å²) in [6.45, 7) is 5.04. The molecule has 3 rings (SSSR count). The molecule has 2 aromatic rings. The fourth-order valence-corrected chi connectivity index (χ4v) is 3.63. The van der Waals surface area contributed by atoms with Gasteiger partial charge in [-0.05, 0) is 13.8 Å². The average molecular weight is 309 g/mol. The smallest absolute Gasteiger partial charge is 0.237 e. The topological polar surface area (TPSA) is 64.1 Å². The number of nitrogens with one attached hydrogen (secondary N) is 1. The number of rotatable bonds is 3. The van der Waals surface area contributed by atoms with E-state index in [2.05, 4.69) is 15.3 Å². The molecule has 0 spiro atoms. The minimum Gasteiger partial charge on any atom is -0.375 e. The van der Waals surface area contributed by atoms with E-state index >= 15 is 0 Å². The van der Waals surface area contributed by atoms with Crippen LogP contribution >= 0.6 is 22.7 Å². The van der Waals surface area contributed by atoms with Crippen molar-refractivity contribution in [3.63, 3.8) is 0 Å². The number of thiazole rings is 2. The lowest BCUT2D eigenvalue weighted by molar-refractivity contribution is -0.120. The van der Waals surface area contributed by atoms with Crippen LogP contribution in [0.5, 0.6) is 0 Å². The van der Waals surface area contributed by atoms with Gasteiger partial charge < -0.3 is 10.1 Å². The van der Waals surface area contributed by atoms with E-state index in [-0.39, 0.29) is 5.91 Å². The molecule has 1 N–H and O–H groups in total. The van der Waals surface area contributed by atoms with Crippen LogP contribution in [0, 0.1) is 0 Å². The van der Waals surface area contributed by atoms with Gasteiger partial charge in [-0.3, -0.25) is 4.79 Å². The van der Waals surface area contributed by atoms with Gasteiger partial charge in [-0.2, -0.15) is 0 Å². The lowest BCUT2D eigenvalue weighted by Gasteiger charge is -2.20. The largest absolute Gasteiger partial charge is 0.375 e. The Balaban J connectivity index is 1.77. The van der Waals surface area contributed by atoms with E-state index in [1.807, 2.05) is 19.2 Å². The number of carbonyl (C=O) groups is 1. The Bertz CT molecular complexity index is 596. The Morgan fingerprint density at radius 1 is 1.50 bits per heavy atom. The van der Waals surface area contributed by atoms with Crippen molar-refractivity contribution in [3.05, 3.63) is 27.2 Å². The van der Waals surface area contributed by atoms with E-state index in [1.54, 1.807) is 5.51 Å². The summed E-state index contributed by atoms with van der Waals surface area (Å²) in [6, 6.07) is 0. The van der Waals surface area contributed by atoms with Crippen molar-refractivity contribution in [1.29, 1.82) is 0 Å². The molecule has 0 aliphatic carbocycles. The number of hydrogen-bond donors (Lipinski definition) is 1. The Labute approximate surface area is 125 Å². The quantitative estimate of drug-likeness (QED) is 0.946. The Morgan fingerprint density at radius 2 is 2.35 bits per heavy atom. The van der Waals surface area contributed by atoms with Crippen LogP contribution in [0.2, 0.25) is 0 Å². The zero-order valence-corrected chi connectivity index (χ0v) is 12.9. The Hall–Kier alpha value is -1.31. The summed E-state index contributed by atoms with van der Waals surface area (Å²) in [7, 11) is 0. The molecule has 0 unspecified atom stereocenters. The van der Waals surface area contributed by atoms with Crippen LogP contribution < -0.4 is 5.32 Å². The van der Waals surface area contributed by atoms with Crippen molar-refractivity contribution in [2.45, 2.75) is 32.3 Å². The number of ether oxygens (including phenoxy) is 1. The van der Waals surface area contributed by atoms with Gasteiger partial charge in [-0.15, -0.1) is 11.3 Å². The summed E-state index contributed by atoms with van der Waals surface area (Å²) >= 11 is 2.98. The van der Waals surface area contributed by atoms with Crippen molar-refractivity contribution in [1.82, 2.24) is 9.97 Å². The normalized spacial score (nSPS) is 14.9. The second-order valence-corrected chi connectivity index (χ2v) is 6.95. The molecule has 5 nitrogen and oxygen atoms in total. The molecule has 0 saturated heterocycles. The van der Waals surface area contributed by atoms with Crippen molar-refractivity contribution < 1.29 is 9.53 Å². The summed E-state index contributed by atoms with van der Waals surface area (Å²) in [5.74, 6) is -0.0876. The summed E-state index contributed by atoms with van der Waals surface area (Å²) in [5.41, 5.74) is 2.90. The number of aromatic nitrogens is 2. The first kappa shape index (κ1) is 13.7. The second-order valence-electron chi connectivity index (χ2n) is 5.14. The van der Waals surface area contributed by atoms with Gasteiger partial charge in [0.2, 0.25) is 5.91 Å². The Morgan fingerprint density at radius 3 is 3.05 bits per heavy atom. The molecule has 106 valence electrons. The highest BCUT2D eigenvalue weighted by Crippen LogP contribution is 2.29. The average Bonchev–Trinajstić information content (AvgIpc) is 3.07. The first-order valence-corrected chi connectivity index (χ1v) is 8.10. The van der Waals surface area contributed by atoms with Crippen LogP contribution in [0.15, 0.2) is 10.9 Å². The predicted octanol–water partition coefficient (Wildman–Crippen LogP) is 2.59. The minimum atomic E-state index is -0.664. The molecule has 1 aliphatic rings. The molecule has 1 aliphatic heterocycles. The van der Waals surface area contributed by atoms with Crippen LogP contribution in [0.1, 0.15) is 30.1 Å². The highest BCUT2D eigenvalue weighted by atomic mass is 32.1. The highest BCUT2D eigenvalue weighted by molar-refractivity contribution is 7.15. The molecule has 1 amide bonds. The van der Waals surface area contributed by atoms with Gasteiger partial charge in [0.15, 0.2) is 5.13 Å². The van der Waals surface area contributed by atoms with E-state index in [1.165, 1.54) is 22.7 Å². The standard InChI is InChI=1S/C13H15N3O2S2/c1-13(2,10-6-19-7-14-10)11(17)16-12-15-8-3-4-18-5-9(8)20-12/h6-7H,3-5H2,1-2H3,(H,15,16,17). The maximum Gasteiger partial charge on any atom is 0.237 e. The third-order valence-corrected chi connectivity index (χ3v) is 4.93. The van der Waals surface area contributed by atoms with E-state index in [0.717, 1.165) is 22.7 Å². The molecule has 0 aromatic carbocycles. The number of amides is 1. The molecule has 0 bridgehead atoms. The predicted molar refractivity (Wildman–Crippen MR) is 79.2 cm³/mol. The molecule has 0 fully saturated rings. The SMILES string of the molecule is CC(C)(C(=O)Nc1nc2c(s1)COCC2)c1cscn1. The van der Waals surface area contributed by atoms with Gasteiger partial charge in [0.05, 0.1) is 40.4 Å². The van der Waals surface area contributed by atoms with Crippen LogP contribution in [0.4, 0.5) is 5.13 Å². The number of fused-ring (bicyclic) bond motifs is 1. The van der Waals surface area contributed by atoms with E-state index < -0.39 is 5.41 Å². The minimum absolute atomic E-state index is 0.0876. The van der Waals surface area contributed by atoms with Crippen molar-refractivity contribution in [2.24, 2.45) is 0 Å². The number of carbonyl (C=O) groups excluding carboxylic acids is 1. The van der Waals surface area contributed by atoms with Gasteiger partial charge in [0.1, 0.15) is 0 Å². The molecule has 20 heavy (non-hydrogen) atoms. The number of nitrogens with zero attached hydrogens (tertiary/aromatic N) is 2. The molecule has 3 heterocycles. The summed E-state index contributed by atoms with van der Waals surface area (Å²) in [4.78, 5) is 22.3. The van der Waals surface area contributed by atoms with Crippen LogP contribution in [0.25, 0.3) is 0 Å². The van der Waals surface area contributed by atoms with Gasteiger partial charge in [-0.25, -0.2) is 9.97 Å². The van der Waals surface area contributed by atoms with Crippen LogP contribution in [0.3, 0.4) is 0 Å². The zero-order chi connectivity index (χ0) is 14.2. The zero-order valence-electron chi connectivity index (χ0n) is 11.3. The van der Waals surface area contributed by atoms with E-state index in [9.17, 15) is 4.79 Å². The Kier molecular flexibility index (Phi) is 3.57. The summed E-state index contributed by atoms with van der Waals surface area (Å²) in [5, 5.41) is 5.46. The van der Waals surface area contributed by atoms with Crippen molar-refractivity contribution >= 4 is 33.7 Å². The van der Waals surface area contributed by atoms with E-state index in [0.29, 0.717) is 18.3 Å². The lowest BCUT2D eigenvalue weighted by atomic mass is 9.89. The van der Waals surface area contributed by atoms with Gasteiger partial charge in [-0.1, -0.05) is 11.3 Å². The van der Waals surface area contributed by atoms with E-state index in [4.69, 9.17) is 4.74 Å². The van der Waals surface area contributed by atoms with Gasteiger partial charge in [0, 0.05) is 11.8 Å². The monoisotopic (exact) mass is 309 g/mol. The fourth-order valence-electron chi connectivity index (χ4n) is 1.97. The van der Waals surface area contributed by atoms with Crippen molar-refractivity contribution in [3.8, 4) is 0 Å². The second kappa shape index (κ2) is 5.23. The molecule has 7 heteroatoms. The number of anilines is 1. The van der Waals surface area contributed by atoms with Crippen LogP contribution in [-0.2, 0) is 28.0 Å². The van der Waals surface area contributed by atoms with Crippen molar-refractivity contribution in [2.75, 3.05) is 11.9 Å². The first-order chi connectivity index (χ1) is 9.57. The summed E-state index contributed by atoms with van der Waals surface area (Å²) in [6.07, 6.45) is 0.817. The molecule has 0 saturated carbocycles. The number of hydrogen-bond acceptors (Lipinski definition) is 6. The molecule has 0 atom stereocenters. The lowest BCUT2D eigenvalue weighted by Crippen LogP contribution is -2.35.